The van der Waals surface area contributed by atoms with Crippen molar-refractivity contribution in [3.8, 4) is 17.2 Å². The number of fused-ring (bicyclic) bond motifs is 1. The highest BCUT2D eigenvalue weighted by molar-refractivity contribution is 6.31. The maximum atomic E-state index is 13.7. The van der Waals surface area contributed by atoms with Gasteiger partial charge in [-0.15, -0.1) is 0 Å². The van der Waals surface area contributed by atoms with Crippen molar-refractivity contribution in [1.82, 2.24) is 14.8 Å². The first-order valence-electron chi connectivity index (χ1n) is 11.9. The normalized spacial score (nSPS) is 14.4. The second-order valence-electron chi connectivity index (χ2n) is 8.56. The summed E-state index contributed by atoms with van der Waals surface area (Å²) in [5, 5.41) is 11.2. The van der Waals surface area contributed by atoms with Crippen molar-refractivity contribution in [2.24, 2.45) is 0 Å². The van der Waals surface area contributed by atoms with Crippen molar-refractivity contribution in [3.63, 3.8) is 0 Å². The highest BCUT2D eigenvalue weighted by Crippen LogP contribution is 2.37. The molecular formula is C28H26ClN5O4. The molecule has 38 heavy (non-hydrogen) atoms. The van der Waals surface area contributed by atoms with Gasteiger partial charge in [-0.2, -0.15) is 10.1 Å². The highest BCUT2D eigenvalue weighted by Gasteiger charge is 2.33. The number of benzene rings is 3. The number of methoxy groups -OCH3 is 2. The van der Waals surface area contributed by atoms with Gasteiger partial charge < -0.3 is 24.8 Å². The number of carbonyl (C=O) groups excluding carboxylic acids is 1. The molecule has 1 amide bonds. The number of aromatic nitrogens is 3. The minimum absolute atomic E-state index is 0.302. The fourth-order valence-electron chi connectivity index (χ4n) is 4.31. The fraction of sp³-hybridized carbons (Fsp3) is 0.179. The summed E-state index contributed by atoms with van der Waals surface area (Å²) in [5.41, 5.74) is 3.42. The number of carbonyl (C=O) groups is 1. The molecule has 1 aliphatic rings. The Balaban J connectivity index is 1.42. The van der Waals surface area contributed by atoms with E-state index in [-0.39, 0.29) is 5.91 Å². The number of ether oxygens (including phenoxy) is 3. The SMILES string of the molecule is COc1ccc(NC(=O)C2=C(C)Nc3ncnn3[C@@H]2c2ccc(OCc3ccccc3Cl)cc2)c(OC)c1. The van der Waals surface area contributed by atoms with Crippen LogP contribution in [0.5, 0.6) is 17.2 Å². The van der Waals surface area contributed by atoms with Crippen molar-refractivity contribution in [2.75, 3.05) is 24.9 Å². The molecule has 0 fully saturated rings. The minimum Gasteiger partial charge on any atom is -0.497 e. The number of anilines is 2. The van der Waals surface area contributed by atoms with Crippen LogP contribution in [0.2, 0.25) is 5.02 Å². The summed E-state index contributed by atoms with van der Waals surface area (Å²) in [4.78, 5) is 18.0. The molecule has 0 saturated heterocycles. The predicted molar refractivity (Wildman–Crippen MR) is 145 cm³/mol. The highest BCUT2D eigenvalue weighted by atomic mass is 35.5. The number of nitrogens with one attached hydrogen (secondary N) is 2. The van der Waals surface area contributed by atoms with Gasteiger partial charge in [-0.05, 0) is 42.8 Å². The molecule has 1 aliphatic heterocycles. The van der Waals surface area contributed by atoms with Gasteiger partial charge in [-0.25, -0.2) is 4.68 Å². The average molecular weight is 532 g/mol. The van der Waals surface area contributed by atoms with Crippen LogP contribution >= 0.6 is 11.6 Å². The van der Waals surface area contributed by atoms with Crippen LogP contribution in [0.1, 0.15) is 24.1 Å². The van der Waals surface area contributed by atoms with Gasteiger partial charge in [0.1, 0.15) is 36.2 Å². The van der Waals surface area contributed by atoms with Crippen LogP contribution in [-0.4, -0.2) is 34.9 Å². The van der Waals surface area contributed by atoms with Gasteiger partial charge in [-0.3, -0.25) is 4.79 Å². The summed E-state index contributed by atoms with van der Waals surface area (Å²) in [7, 11) is 3.11. The zero-order valence-electron chi connectivity index (χ0n) is 21.1. The minimum atomic E-state index is -0.518. The molecule has 0 bridgehead atoms. The van der Waals surface area contributed by atoms with Crippen LogP contribution in [0.25, 0.3) is 0 Å². The first kappa shape index (κ1) is 25.2. The Kier molecular flexibility index (Phi) is 7.19. The smallest absolute Gasteiger partial charge is 0.255 e. The molecule has 0 aliphatic carbocycles. The van der Waals surface area contributed by atoms with Crippen molar-refractivity contribution in [2.45, 2.75) is 19.6 Å². The molecule has 2 heterocycles. The Morgan fingerprint density at radius 1 is 1.05 bits per heavy atom. The van der Waals surface area contributed by atoms with E-state index in [9.17, 15) is 4.79 Å². The third kappa shape index (κ3) is 5.01. The Bertz CT molecular complexity index is 1500. The number of rotatable bonds is 8. The molecule has 0 unspecified atom stereocenters. The van der Waals surface area contributed by atoms with E-state index >= 15 is 0 Å². The third-order valence-corrected chi connectivity index (χ3v) is 6.61. The summed E-state index contributed by atoms with van der Waals surface area (Å²) in [6.45, 7) is 2.18. The second kappa shape index (κ2) is 10.9. The van der Waals surface area contributed by atoms with E-state index in [2.05, 4.69) is 20.7 Å². The summed E-state index contributed by atoms with van der Waals surface area (Å²) < 4.78 is 18.4. The van der Waals surface area contributed by atoms with Crippen molar-refractivity contribution in [1.29, 1.82) is 0 Å². The molecule has 1 atom stereocenters. The summed E-state index contributed by atoms with van der Waals surface area (Å²) in [5.74, 6) is 2.03. The van der Waals surface area contributed by atoms with Gasteiger partial charge in [0.15, 0.2) is 0 Å². The summed E-state index contributed by atoms with van der Waals surface area (Å²) >= 11 is 6.25. The van der Waals surface area contributed by atoms with Crippen LogP contribution in [-0.2, 0) is 11.4 Å². The third-order valence-electron chi connectivity index (χ3n) is 6.24. The number of halogens is 1. The predicted octanol–water partition coefficient (Wildman–Crippen LogP) is 5.46. The van der Waals surface area contributed by atoms with Gasteiger partial charge in [0.05, 0.1) is 25.5 Å². The molecule has 9 nitrogen and oxygen atoms in total. The van der Waals surface area contributed by atoms with Crippen LogP contribution in [0.3, 0.4) is 0 Å². The molecule has 0 spiro atoms. The average Bonchev–Trinajstić information content (AvgIpc) is 3.40. The lowest BCUT2D eigenvalue weighted by Crippen LogP contribution is -2.31. The molecule has 2 N–H and O–H groups in total. The zero-order valence-corrected chi connectivity index (χ0v) is 21.8. The van der Waals surface area contributed by atoms with E-state index in [1.165, 1.54) is 13.4 Å². The van der Waals surface area contributed by atoms with Gasteiger partial charge in [0.2, 0.25) is 5.95 Å². The molecule has 4 aromatic rings. The molecule has 1 aromatic heterocycles. The number of nitrogens with zero attached hydrogens (tertiary/aromatic N) is 3. The second-order valence-corrected chi connectivity index (χ2v) is 8.97. The van der Waals surface area contributed by atoms with Gasteiger partial charge in [0, 0.05) is 22.3 Å². The molecule has 5 rings (SSSR count). The molecule has 3 aromatic carbocycles. The van der Waals surface area contributed by atoms with E-state index in [1.54, 1.807) is 30.0 Å². The quantitative estimate of drug-likeness (QED) is 0.311. The van der Waals surface area contributed by atoms with Crippen LogP contribution < -0.4 is 24.8 Å². The van der Waals surface area contributed by atoms with Crippen LogP contribution in [0.4, 0.5) is 11.6 Å². The number of allylic oxidation sites excluding steroid dienone is 1. The lowest BCUT2D eigenvalue weighted by Gasteiger charge is -2.29. The van der Waals surface area contributed by atoms with Gasteiger partial charge >= 0.3 is 0 Å². The summed E-state index contributed by atoms with van der Waals surface area (Å²) in [6, 6.07) is 19.8. The van der Waals surface area contributed by atoms with Crippen LogP contribution in [0, 0.1) is 0 Å². The molecule has 194 valence electrons. The fourth-order valence-corrected chi connectivity index (χ4v) is 4.50. The van der Waals surface area contributed by atoms with E-state index < -0.39 is 6.04 Å². The number of amides is 1. The van der Waals surface area contributed by atoms with Crippen LogP contribution in [0.15, 0.2) is 84.3 Å². The lowest BCUT2D eigenvalue weighted by atomic mass is 9.95. The Labute approximate surface area is 225 Å². The topological polar surface area (TPSA) is 99.5 Å². The Hall–Kier alpha value is -4.50. The van der Waals surface area contributed by atoms with E-state index in [1.807, 2.05) is 55.5 Å². The largest absolute Gasteiger partial charge is 0.497 e. The number of hydrogen-bond acceptors (Lipinski definition) is 7. The van der Waals surface area contributed by atoms with E-state index in [4.69, 9.17) is 25.8 Å². The molecule has 0 saturated carbocycles. The van der Waals surface area contributed by atoms with Crippen molar-refractivity contribution < 1.29 is 19.0 Å². The van der Waals surface area contributed by atoms with Crippen molar-refractivity contribution >= 4 is 29.1 Å². The molecule has 10 heteroatoms. The first-order valence-corrected chi connectivity index (χ1v) is 12.2. The Morgan fingerprint density at radius 3 is 2.55 bits per heavy atom. The lowest BCUT2D eigenvalue weighted by molar-refractivity contribution is -0.113. The standard InChI is InChI=1S/C28H26ClN5O4/c1-17-25(27(35)33-23-13-12-21(36-2)14-24(23)37-3)26(34-28(32-17)30-16-31-34)18-8-10-20(11-9-18)38-15-19-6-4-5-7-22(19)29/h4-14,16,26H,15H2,1-3H3,(H,33,35)(H,30,31,32)/t26-/m1/s1. The van der Waals surface area contributed by atoms with E-state index in [0.29, 0.717) is 51.8 Å². The monoisotopic (exact) mass is 531 g/mol. The number of hydrogen-bond donors (Lipinski definition) is 2. The molecule has 0 radical (unpaired) electrons. The zero-order chi connectivity index (χ0) is 26.6. The van der Waals surface area contributed by atoms with Gasteiger partial charge in [0.25, 0.3) is 5.91 Å². The maximum absolute atomic E-state index is 13.7. The van der Waals surface area contributed by atoms with Gasteiger partial charge in [-0.1, -0.05) is 41.9 Å². The molecular weight excluding hydrogens is 506 g/mol. The maximum Gasteiger partial charge on any atom is 0.255 e. The van der Waals surface area contributed by atoms with E-state index in [0.717, 1.165) is 11.1 Å². The first-order chi connectivity index (χ1) is 18.5. The Morgan fingerprint density at radius 2 is 1.82 bits per heavy atom. The van der Waals surface area contributed by atoms with Crippen molar-refractivity contribution in [3.05, 3.63) is 100 Å². The summed E-state index contributed by atoms with van der Waals surface area (Å²) in [6.07, 6.45) is 1.46.